The molecule has 0 atom stereocenters. The molecule has 13 heavy (non-hydrogen) atoms. The molecule has 0 saturated carbocycles. The number of nitrogens with zero attached hydrogens (tertiary/aromatic N) is 2. The Hall–Kier alpha value is -1.32. The normalized spacial score (nSPS) is 16.3. The van der Waals surface area contributed by atoms with Gasteiger partial charge in [-0.25, -0.2) is 4.79 Å². The second-order valence-corrected chi connectivity index (χ2v) is 3.44. The predicted molar refractivity (Wildman–Crippen MR) is 48.5 cm³/mol. The van der Waals surface area contributed by atoms with Gasteiger partial charge in [-0.05, 0) is 31.2 Å². The van der Waals surface area contributed by atoms with Crippen molar-refractivity contribution in [3.63, 3.8) is 0 Å². The van der Waals surface area contributed by atoms with E-state index in [1.165, 1.54) is 29.5 Å². The fourth-order valence-corrected chi connectivity index (χ4v) is 1.76. The zero-order chi connectivity index (χ0) is 9.26. The highest BCUT2D eigenvalue weighted by atomic mass is 16.2. The van der Waals surface area contributed by atoms with E-state index in [0.29, 0.717) is 0 Å². The Balaban J connectivity index is 2.32. The SMILES string of the molecule is NC(=O)n1cc2c(n1)CCCCC2. The van der Waals surface area contributed by atoms with E-state index in [0.717, 1.165) is 18.5 Å². The molecule has 2 rings (SSSR count). The van der Waals surface area contributed by atoms with Gasteiger partial charge < -0.3 is 5.73 Å². The summed E-state index contributed by atoms with van der Waals surface area (Å²) in [4.78, 5) is 10.8. The molecular formula is C9H13N3O. The summed E-state index contributed by atoms with van der Waals surface area (Å²) in [6.45, 7) is 0. The average Bonchev–Trinajstić information content (AvgIpc) is 2.38. The number of primary amides is 1. The summed E-state index contributed by atoms with van der Waals surface area (Å²) in [5, 5.41) is 4.15. The van der Waals surface area contributed by atoms with Crippen molar-refractivity contribution >= 4 is 6.03 Å². The predicted octanol–water partition coefficient (Wildman–Crippen LogP) is 1.08. The molecule has 0 spiro atoms. The molecule has 0 radical (unpaired) electrons. The van der Waals surface area contributed by atoms with Crippen LogP contribution in [0.15, 0.2) is 6.20 Å². The number of carbonyl (C=O) groups excluding carboxylic acids is 1. The van der Waals surface area contributed by atoms with Crippen LogP contribution in [0.25, 0.3) is 0 Å². The molecule has 1 aromatic heterocycles. The van der Waals surface area contributed by atoms with Crippen molar-refractivity contribution in [1.82, 2.24) is 9.78 Å². The van der Waals surface area contributed by atoms with Crippen LogP contribution in [-0.4, -0.2) is 15.8 Å². The smallest absolute Gasteiger partial charge is 0.339 e. The van der Waals surface area contributed by atoms with Gasteiger partial charge in [-0.2, -0.15) is 9.78 Å². The minimum Gasteiger partial charge on any atom is -0.350 e. The molecule has 4 heteroatoms. The molecule has 1 aliphatic carbocycles. The minimum absolute atomic E-state index is 0.493. The first-order valence-corrected chi connectivity index (χ1v) is 4.64. The monoisotopic (exact) mass is 179 g/mol. The molecule has 4 nitrogen and oxygen atoms in total. The van der Waals surface area contributed by atoms with Crippen LogP contribution < -0.4 is 5.73 Å². The molecule has 1 aliphatic rings. The highest BCUT2D eigenvalue weighted by Gasteiger charge is 2.13. The number of carbonyl (C=O) groups is 1. The molecule has 2 N–H and O–H groups in total. The average molecular weight is 179 g/mol. The fraction of sp³-hybridized carbons (Fsp3) is 0.556. The number of aromatic nitrogens is 2. The maximum atomic E-state index is 10.8. The lowest BCUT2D eigenvalue weighted by atomic mass is 10.2. The Bertz CT molecular complexity index is 306. The van der Waals surface area contributed by atoms with Gasteiger partial charge in [-0.15, -0.1) is 0 Å². The van der Waals surface area contributed by atoms with E-state index in [1.54, 1.807) is 6.20 Å². The van der Waals surface area contributed by atoms with Crippen LogP contribution in [0.2, 0.25) is 0 Å². The first-order chi connectivity index (χ1) is 6.27. The summed E-state index contributed by atoms with van der Waals surface area (Å²) < 4.78 is 1.25. The van der Waals surface area contributed by atoms with Gasteiger partial charge >= 0.3 is 6.03 Å². The van der Waals surface area contributed by atoms with Crippen LogP contribution in [0.5, 0.6) is 0 Å². The highest BCUT2D eigenvalue weighted by molar-refractivity contribution is 5.73. The van der Waals surface area contributed by atoms with Crippen molar-refractivity contribution < 1.29 is 4.79 Å². The molecule has 0 unspecified atom stereocenters. The maximum absolute atomic E-state index is 10.8. The van der Waals surface area contributed by atoms with E-state index in [4.69, 9.17) is 5.73 Å². The second kappa shape index (κ2) is 3.20. The molecule has 0 fully saturated rings. The summed E-state index contributed by atoms with van der Waals surface area (Å²) in [6.07, 6.45) is 7.40. The van der Waals surface area contributed by atoms with Crippen molar-refractivity contribution in [3.05, 3.63) is 17.5 Å². The van der Waals surface area contributed by atoms with Crippen molar-refractivity contribution in [2.75, 3.05) is 0 Å². The van der Waals surface area contributed by atoms with Crippen molar-refractivity contribution in [2.24, 2.45) is 5.73 Å². The number of rotatable bonds is 0. The van der Waals surface area contributed by atoms with E-state index < -0.39 is 6.03 Å². The molecule has 1 heterocycles. The lowest BCUT2D eigenvalue weighted by Crippen LogP contribution is -2.20. The molecule has 0 aliphatic heterocycles. The van der Waals surface area contributed by atoms with Gasteiger partial charge in [-0.1, -0.05) is 6.42 Å². The number of hydrogen-bond acceptors (Lipinski definition) is 2. The van der Waals surface area contributed by atoms with Crippen LogP contribution in [0.1, 0.15) is 30.5 Å². The third-order valence-corrected chi connectivity index (χ3v) is 2.46. The Morgan fingerprint density at radius 1 is 1.38 bits per heavy atom. The molecule has 1 amide bonds. The first-order valence-electron chi connectivity index (χ1n) is 4.64. The van der Waals surface area contributed by atoms with Crippen molar-refractivity contribution in [2.45, 2.75) is 32.1 Å². The van der Waals surface area contributed by atoms with E-state index in [9.17, 15) is 4.79 Å². The number of amides is 1. The molecule has 0 saturated heterocycles. The highest BCUT2D eigenvalue weighted by Crippen LogP contribution is 2.18. The second-order valence-electron chi connectivity index (χ2n) is 3.44. The van der Waals surface area contributed by atoms with Crippen LogP contribution in [0, 0.1) is 0 Å². The third kappa shape index (κ3) is 1.56. The van der Waals surface area contributed by atoms with Gasteiger partial charge in [0.1, 0.15) is 0 Å². The van der Waals surface area contributed by atoms with Crippen LogP contribution in [0.3, 0.4) is 0 Å². The van der Waals surface area contributed by atoms with Gasteiger partial charge in [0.25, 0.3) is 0 Å². The van der Waals surface area contributed by atoms with Gasteiger partial charge in [0.2, 0.25) is 0 Å². The molecule has 0 bridgehead atoms. The summed E-state index contributed by atoms with van der Waals surface area (Å²) >= 11 is 0. The van der Waals surface area contributed by atoms with Gasteiger partial charge in [-0.3, -0.25) is 0 Å². The molecule has 0 aromatic carbocycles. The Kier molecular flexibility index (Phi) is 2.04. The van der Waals surface area contributed by atoms with Gasteiger partial charge in [0, 0.05) is 6.20 Å². The molecule has 1 aromatic rings. The van der Waals surface area contributed by atoms with E-state index in [-0.39, 0.29) is 0 Å². The lowest BCUT2D eigenvalue weighted by molar-refractivity contribution is 0.247. The quantitative estimate of drug-likeness (QED) is 0.606. The van der Waals surface area contributed by atoms with Crippen molar-refractivity contribution in [3.8, 4) is 0 Å². The Morgan fingerprint density at radius 3 is 2.92 bits per heavy atom. The van der Waals surface area contributed by atoms with E-state index >= 15 is 0 Å². The zero-order valence-corrected chi connectivity index (χ0v) is 7.49. The standard InChI is InChI=1S/C9H13N3O/c10-9(13)12-6-7-4-2-1-3-5-8(7)11-12/h6H,1-5H2,(H2,10,13). The third-order valence-electron chi connectivity index (χ3n) is 2.46. The van der Waals surface area contributed by atoms with Gasteiger partial charge in [0.05, 0.1) is 5.69 Å². The number of aryl methyl sites for hydroxylation is 2. The summed E-state index contributed by atoms with van der Waals surface area (Å²) in [5.74, 6) is 0. The van der Waals surface area contributed by atoms with Crippen LogP contribution in [-0.2, 0) is 12.8 Å². The van der Waals surface area contributed by atoms with Crippen molar-refractivity contribution in [1.29, 1.82) is 0 Å². The number of hydrogen-bond donors (Lipinski definition) is 1. The topological polar surface area (TPSA) is 60.9 Å². The summed E-state index contributed by atoms with van der Waals surface area (Å²) in [6, 6.07) is -0.493. The first kappa shape index (κ1) is 8.29. The number of fused-ring (bicyclic) bond motifs is 1. The minimum atomic E-state index is -0.493. The van der Waals surface area contributed by atoms with E-state index in [1.807, 2.05) is 0 Å². The molecular weight excluding hydrogens is 166 g/mol. The summed E-state index contributed by atoms with van der Waals surface area (Å²) in [7, 11) is 0. The van der Waals surface area contributed by atoms with Crippen LogP contribution >= 0.6 is 0 Å². The fourth-order valence-electron chi connectivity index (χ4n) is 1.76. The molecule has 70 valence electrons. The Labute approximate surface area is 76.7 Å². The maximum Gasteiger partial charge on any atom is 0.339 e. The lowest BCUT2D eigenvalue weighted by Gasteiger charge is -1.93. The van der Waals surface area contributed by atoms with Gasteiger partial charge in [0.15, 0.2) is 0 Å². The largest absolute Gasteiger partial charge is 0.350 e. The summed E-state index contributed by atoms with van der Waals surface area (Å²) in [5.41, 5.74) is 7.37. The van der Waals surface area contributed by atoms with Crippen LogP contribution in [0.4, 0.5) is 4.79 Å². The van der Waals surface area contributed by atoms with E-state index in [2.05, 4.69) is 5.10 Å². The Morgan fingerprint density at radius 2 is 2.15 bits per heavy atom. The number of nitrogens with two attached hydrogens (primary N) is 1. The zero-order valence-electron chi connectivity index (χ0n) is 7.49.